The van der Waals surface area contributed by atoms with Gasteiger partial charge in [-0.1, -0.05) is 60.7 Å². The van der Waals surface area contributed by atoms with Gasteiger partial charge in [-0.05, 0) is 33.7 Å². The summed E-state index contributed by atoms with van der Waals surface area (Å²) in [7, 11) is 0. The van der Waals surface area contributed by atoms with Crippen molar-refractivity contribution in [3.05, 3.63) is 110 Å². The molecule has 0 radical (unpaired) electrons. The molecule has 2 aromatic carbocycles. The lowest BCUT2D eigenvalue weighted by Gasteiger charge is -2.19. The maximum atomic E-state index is 12.9. The summed E-state index contributed by atoms with van der Waals surface area (Å²) in [4.78, 5) is 32.2. The van der Waals surface area contributed by atoms with Gasteiger partial charge in [0, 0.05) is 12.4 Å². The van der Waals surface area contributed by atoms with Crippen LogP contribution in [0.15, 0.2) is 84.0 Å². The lowest BCUT2D eigenvalue weighted by molar-refractivity contribution is 0.0941. The van der Waals surface area contributed by atoms with Crippen molar-refractivity contribution in [1.29, 1.82) is 0 Å². The zero-order valence-electron chi connectivity index (χ0n) is 15.1. The fourth-order valence-corrected chi connectivity index (χ4v) is 3.33. The molecule has 4 rings (SSSR count). The van der Waals surface area contributed by atoms with Gasteiger partial charge in [-0.2, -0.15) is 5.10 Å². The number of halogens is 1. The molecule has 2 aromatic heterocycles. The molecule has 0 saturated heterocycles. The number of amides is 1. The first kappa shape index (κ1) is 19.1. The number of hydrogen-bond acceptors (Lipinski definition) is 4. The summed E-state index contributed by atoms with van der Waals surface area (Å²) in [6.07, 6.45) is 4.63. The van der Waals surface area contributed by atoms with Crippen LogP contribution in [0.4, 0.5) is 0 Å². The maximum absolute atomic E-state index is 12.9. The number of benzene rings is 2. The number of nitrogens with zero attached hydrogens (tertiary/aromatic N) is 3. The SMILES string of the molecule is O=C(NC(c1ccccc1)c1ccccc1)c1cnc(-n2cc(I)cn2)[nH]c1=O. The van der Waals surface area contributed by atoms with E-state index in [2.05, 4.69) is 43.0 Å². The van der Waals surface area contributed by atoms with Gasteiger partial charge >= 0.3 is 0 Å². The average molecular weight is 497 g/mol. The Kier molecular flexibility index (Phi) is 5.52. The number of carbonyl (C=O) groups excluding carboxylic acids is 1. The highest BCUT2D eigenvalue weighted by atomic mass is 127. The molecule has 0 aliphatic rings. The Balaban J connectivity index is 1.64. The molecule has 0 aliphatic heterocycles. The molecule has 0 fully saturated rings. The summed E-state index contributed by atoms with van der Waals surface area (Å²) in [5.41, 5.74) is 1.24. The van der Waals surface area contributed by atoms with Crippen molar-refractivity contribution in [2.75, 3.05) is 0 Å². The summed E-state index contributed by atoms with van der Waals surface area (Å²) in [5.74, 6) is -0.254. The highest BCUT2D eigenvalue weighted by Crippen LogP contribution is 2.22. The van der Waals surface area contributed by atoms with Crippen molar-refractivity contribution >= 4 is 28.5 Å². The van der Waals surface area contributed by atoms with Crippen LogP contribution in [0.3, 0.4) is 0 Å². The normalized spacial score (nSPS) is 10.8. The molecule has 0 spiro atoms. The Bertz CT molecular complexity index is 1150. The van der Waals surface area contributed by atoms with Gasteiger partial charge in [0.2, 0.25) is 5.95 Å². The predicted molar refractivity (Wildman–Crippen MR) is 117 cm³/mol. The van der Waals surface area contributed by atoms with Gasteiger partial charge in [-0.3, -0.25) is 14.6 Å². The summed E-state index contributed by atoms with van der Waals surface area (Å²) < 4.78 is 2.35. The van der Waals surface area contributed by atoms with Crippen molar-refractivity contribution in [2.24, 2.45) is 0 Å². The third kappa shape index (κ3) is 4.27. The lowest BCUT2D eigenvalue weighted by Crippen LogP contribution is -2.34. The standard InChI is InChI=1S/C21H16IN5O2/c22-16-11-24-27(13-16)21-23-12-17(20(29)26-21)19(28)25-18(14-7-3-1-4-8-14)15-9-5-2-6-10-15/h1-13,18H,(H,25,28)(H,23,26,29). The van der Waals surface area contributed by atoms with Gasteiger partial charge in [0.15, 0.2) is 0 Å². The summed E-state index contributed by atoms with van der Waals surface area (Å²) in [6.45, 7) is 0. The first-order chi connectivity index (χ1) is 14.1. The van der Waals surface area contributed by atoms with Gasteiger partial charge in [0.1, 0.15) is 5.56 Å². The number of aromatic nitrogens is 4. The van der Waals surface area contributed by atoms with Crippen molar-refractivity contribution in [2.45, 2.75) is 6.04 Å². The Morgan fingerprint density at radius 1 is 1.00 bits per heavy atom. The van der Waals surface area contributed by atoms with E-state index in [1.807, 2.05) is 60.7 Å². The molecule has 4 aromatic rings. The number of rotatable bonds is 5. The van der Waals surface area contributed by atoms with Crippen LogP contribution in [-0.4, -0.2) is 25.7 Å². The van der Waals surface area contributed by atoms with Crippen molar-refractivity contribution in [1.82, 2.24) is 25.1 Å². The minimum absolute atomic E-state index is 0.0625. The molecule has 0 unspecified atom stereocenters. The maximum Gasteiger partial charge on any atom is 0.265 e. The van der Waals surface area contributed by atoms with Crippen LogP contribution in [0.25, 0.3) is 5.95 Å². The van der Waals surface area contributed by atoms with Crippen LogP contribution in [0.5, 0.6) is 0 Å². The van der Waals surface area contributed by atoms with E-state index < -0.39 is 17.5 Å². The zero-order chi connectivity index (χ0) is 20.2. The van der Waals surface area contributed by atoms with Crippen LogP contribution in [0.2, 0.25) is 0 Å². The monoisotopic (exact) mass is 497 g/mol. The highest BCUT2D eigenvalue weighted by molar-refractivity contribution is 14.1. The number of aromatic amines is 1. The van der Waals surface area contributed by atoms with E-state index >= 15 is 0 Å². The van der Waals surface area contributed by atoms with Crippen LogP contribution in [0, 0.1) is 3.57 Å². The van der Waals surface area contributed by atoms with E-state index in [0.717, 1.165) is 14.7 Å². The Morgan fingerprint density at radius 2 is 1.62 bits per heavy atom. The zero-order valence-corrected chi connectivity index (χ0v) is 17.3. The van der Waals surface area contributed by atoms with Crippen LogP contribution in [-0.2, 0) is 0 Å². The minimum atomic E-state index is -0.530. The molecular formula is C21H16IN5O2. The molecule has 29 heavy (non-hydrogen) atoms. The molecule has 0 aliphatic carbocycles. The quantitative estimate of drug-likeness (QED) is 0.415. The average Bonchev–Trinajstić information content (AvgIpc) is 3.19. The lowest BCUT2D eigenvalue weighted by atomic mass is 9.98. The van der Waals surface area contributed by atoms with Crippen LogP contribution >= 0.6 is 22.6 Å². The second-order valence-electron chi connectivity index (χ2n) is 6.28. The molecule has 7 nitrogen and oxygen atoms in total. The summed E-state index contributed by atoms with van der Waals surface area (Å²) in [5, 5.41) is 7.05. The number of H-pyrrole nitrogens is 1. The van der Waals surface area contributed by atoms with Gasteiger partial charge in [0.05, 0.1) is 15.8 Å². The third-order valence-electron chi connectivity index (χ3n) is 4.34. The van der Waals surface area contributed by atoms with E-state index in [4.69, 9.17) is 0 Å². The minimum Gasteiger partial charge on any atom is -0.341 e. The number of carbonyl (C=O) groups is 1. The molecule has 1 amide bonds. The number of nitrogens with one attached hydrogen (secondary N) is 2. The van der Waals surface area contributed by atoms with Gasteiger partial charge in [-0.25, -0.2) is 9.67 Å². The van der Waals surface area contributed by atoms with E-state index in [1.165, 1.54) is 10.9 Å². The first-order valence-corrected chi connectivity index (χ1v) is 9.90. The Hall–Kier alpha value is -3.27. The topological polar surface area (TPSA) is 92.7 Å². The van der Waals surface area contributed by atoms with E-state index in [-0.39, 0.29) is 11.5 Å². The number of hydrogen-bond donors (Lipinski definition) is 2. The van der Waals surface area contributed by atoms with Crippen LogP contribution < -0.4 is 10.9 Å². The summed E-state index contributed by atoms with van der Waals surface area (Å²) in [6, 6.07) is 18.8. The van der Waals surface area contributed by atoms with E-state index in [0.29, 0.717) is 0 Å². The summed E-state index contributed by atoms with van der Waals surface area (Å²) >= 11 is 2.11. The van der Waals surface area contributed by atoms with Crippen LogP contribution in [0.1, 0.15) is 27.5 Å². The first-order valence-electron chi connectivity index (χ1n) is 8.82. The molecule has 2 N–H and O–H groups in total. The molecular weight excluding hydrogens is 481 g/mol. The fourth-order valence-electron chi connectivity index (χ4n) is 2.94. The highest BCUT2D eigenvalue weighted by Gasteiger charge is 2.20. The largest absolute Gasteiger partial charge is 0.341 e. The molecule has 2 heterocycles. The molecule has 0 atom stereocenters. The van der Waals surface area contributed by atoms with Crippen molar-refractivity contribution in [3.63, 3.8) is 0 Å². The predicted octanol–water partition coefficient (Wildman–Crippen LogP) is 3.08. The molecule has 144 valence electrons. The van der Waals surface area contributed by atoms with E-state index in [9.17, 15) is 9.59 Å². The second-order valence-corrected chi connectivity index (χ2v) is 7.53. The smallest absolute Gasteiger partial charge is 0.265 e. The van der Waals surface area contributed by atoms with Crippen molar-refractivity contribution in [3.8, 4) is 5.95 Å². The molecule has 0 saturated carbocycles. The Morgan fingerprint density at radius 3 is 2.14 bits per heavy atom. The fraction of sp³-hybridized carbons (Fsp3) is 0.0476. The van der Waals surface area contributed by atoms with Gasteiger partial charge in [0.25, 0.3) is 11.5 Å². The van der Waals surface area contributed by atoms with E-state index in [1.54, 1.807) is 12.4 Å². The molecule has 8 heteroatoms. The van der Waals surface area contributed by atoms with Gasteiger partial charge < -0.3 is 5.32 Å². The second kappa shape index (κ2) is 8.39. The Labute approximate surface area is 180 Å². The third-order valence-corrected chi connectivity index (χ3v) is 4.90. The van der Waals surface area contributed by atoms with Gasteiger partial charge in [-0.15, -0.1) is 0 Å². The van der Waals surface area contributed by atoms with Crippen molar-refractivity contribution < 1.29 is 4.79 Å². The molecule has 0 bridgehead atoms.